The summed E-state index contributed by atoms with van der Waals surface area (Å²) >= 11 is 1.48. The van der Waals surface area contributed by atoms with E-state index in [1.165, 1.54) is 11.3 Å². The summed E-state index contributed by atoms with van der Waals surface area (Å²) in [6.07, 6.45) is 1.44. The monoisotopic (exact) mass is 277 g/mol. The highest BCUT2D eigenvalue weighted by molar-refractivity contribution is 7.20. The summed E-state index contributed by atoms with van der Waals surface area (Å²) in [5, 5.41) is 13.6. The van der Waals surface area contributed by atoms with Crippen LogP contribution in [0.25, 0.3) is 10.1 Å². The first-order valence-corrected chi connectivity index (χ1v) is 7.37. The number of amides is 1. The molecule has 4 heteroatoms. The Labute approximate surface area is 117 Å². The van der Waals surface area contributed by atoms with Gasteiger partial charge in [0, 0.05) is 4.70 Å². The molecule has 0 aliphatic rings. The van der Waals surface area contributed by atoms with Crippen LogP contribution in [0.15, 0.2) is 30.3 Å². The number of aliphatic hydroxyl groups is 1. The van der Waals surface area contributed by atoms with Crippen LogP contribution in [0.5, 0.6) is 0 Å². The maximum atomic E-state index is 12.3. The molecule has 0 radical (unpaired) electrons. The second-order valence-corrected chi connectivity index (χ2v) is 5.83. The normalized spacial score (nSPS) is 11.7. The van der Waals surface area contributed by atoms with Crippen LogP contribution in [-0.2, 0) is 0 Å². The van der Waals surface area contributed by atoms with Crippen molar-refractivity contribution in [2.45, 2.75) is 32.2 Å². The lowest BCUT2D eigenvalue weighted by molar-refractivity contribution is 0.0822. The topological polar surface area (TPSA) is 49.3 Å². The molecular formula is C15H19NO2S. The van der Waals surface area contributed by atoms with Crippen LogP contribution in [0.3, 0.4) is 0 Å². The first-order valence-electron chi connectivity index (χ1n) is 6.56. The van der Waals surface area contributed by atoms with Crippen molar-refractivity contribution in [2.24, 2.45) is 0 Å². The predicted molar refractivity (Wildman–Crippen MR) is 79.7 cm³/mol. The van der Waals surface area contributed by atoms with Crippen LogP contribution in [0.1, 0.15) is 36.4 Å². The zero-order valence-electron chi connectivity index (χ0n) is 11.3. The van der Waals surface area contributed by atoms with Crippen molar-refractivity contribution in [3.8, 4) is 0 Å². The standard InChI is InChI=1S/C15H19NO2S/c1-3-15(4-2,10-17)16-14(18)13-9-11-7-5-6-8-12(11)19-13/h5-9,17H,3-4,10H2,1-2H3,(H,16,18). The van der Waals surface area contributed by atoms with E-state index in [1.807, 2.05) is 44.2 Å². The Bertz CT molecular complexity index is 531. The fourth-order valence-corrected chi connectivity index (χ4v) is 3.04. The smallest absolute Gasteiger partial charge is 0.261 e. The summed E-state index contributed by atoms with van der Waals surface area (Å²) in [6.45, 7) is 3.92. The minimum Gasteiger partial charge on any atom is -0.394 e. The van der Waals surface area contributed by atoms with E-state index in [9.17, 15) is 9.90 Å². The van der Waals surface area contributed by atoms with Gasteiger partial charge in [-0.15, -0.1) is 11.3 Å². The Balaban J connectivity index is 2.24. The molecule has 1 aromatic heterocycles. The Morgan fingerprint density at radius 1 is 1.32 bits per heavy atom. The molecule has 0 spiro atoms. The van der Waals surface area contributed by atoms with E-state index in [0.29, 0.717) is 4.88 Å². The fraction of sp³-hybridized carbons (Fsp3) is 0.400. The molecule has 1 heterocycles. The van der Waals surface area contributed by atoms with Gasteiger partial charge < -0.3 is 10.4 Å². The summed E-state index contributed by atoms with van der Waals surface area (Å²) in [5.41, 5.74) is -0.507. The lowest BCUT2D eigenvalue weighted by Crippen LogP contribution is -2.50. The van der Waals surface area contributed by atoms with Gasteiger partial charge in [-0.25, -0.2) is 0 Å². The van der Waals surface area contributed by atoms with Gasteiger partial charge in [0.25, 0.3) is 5.91 Å². The number of carbonyl (C=O) groups excluding carboxylic acids is 1. The molecule has 0 fully saturated rings. The highest BCUT2D eigenvalue weighted by Crippen LogP contribution is 2.26. The number of nitrogens with one attached hydrogen (secondary N) is 1. The third-order valence-corrected chi connectivity index (χ3v) is 4.80. The van der Waals surface area contributed by atoms with Crippen molar-refractivity contribution in [3.05, 3.63) is 35.2 Å². The summed E-state index contributed by atoms with van der Waals surface area (Å²) in [5.74, 6) is -0.0982. The molecular weight excluding hydrogens is 258 g/mol. The quantitative estimate of drug-likeness (QED) is 0.882. The lowest BCUT2D eigenvalue weighted by atomic mass is 9.94. The number of benzene rings is 1. The van der Waals surface area contributed by atoms with Gasteiger partial charge in [-0.2, -0.15) is 0 Å². The molecule has 19 heavy (non-hydrogen) atoms. The minimum atomic E-state index is -0.507. The second-order valence-electron chi connectivity index (χ2n) is 4.75. The Kier molecular flexibility index (Phi) is 4.22. The number of fused-ring (bicyclic) bond motifs is 1. The predicted octanol–water partition coefficient (Wildman–Crippen LogP) is 3.18. The highest BCUT2D eigenvalue weighted by Gasteiger charge is 2.28. The second kappa shape index (κ2) is 5.72. The average molecular weight is 277 g/mol. The van der Waals surface area contributed by atoms with Gasteiger partial charge in [-0.3, -0.25) is 4.79 Å². The van der Waals surface area contributed by atoms with Crippen LogP contribution >= 0.6 is 11.3 Å². The molecule has 0 atom stereocenters. The molecule has 3 nitrogen and oxygen atoms in total. The van der Waals surface area contributed by atoms with E-state index in [0.717, 1.165) is 22.9 Å². The maximum absolute atomic E-state index is 12.3. The molecule has 1 amide bonds. The molecule has 2 N–H and O–H groups in total. The van der Waals surface area contributed by atoms with Gasteiger partial charge in [0.05, 0.1) is 17.0 Å². The molecule has 0 bridgehead atoms. The summed E-state index contributed by atoms with van der Waals surface area (Å²) in [6, 6.07) is 9.85. The van der Waals surface area contributed by atoms with Crippen molar-refractivity contribution in [1.82, 2.24) is 5.32 Å². The number of hydrogen-bond acceptors (Lipinski definition) is 3. The molecule has 0 saturated carbocycles. The Morgan fingerprint density at radius 3 is 2.58 bits per heavy atom. The van der Waals surface area contributed by atoms with Gasteiger partial charge in [0.1, 0.15) is 0 Å². The molecule has 0 aliphatic carbocycles. The molecule has 102 valence electrons. The zero-order chi connectivity index (χ0) is 13.9. The van der Waals surface area contributed by atoms with Crippen molar-refractivity contribution in [1.29, 1.82) is 0 Å². The molecule has 2 aromatic rings. The summed E-state index contributed by atoms with van der Waals surface area (Å²) < 4.78 is 1.11. The summed E-state index contributed by atoms with van der Waals surface area (Å²) in [4.78, 5) is 13.0. The number of thiophene rings is 1. The first-order chi connectivity index (χ1) is 9.14. The van der Waals surface area contributed by atoms with Crippen molar-refractivity contribution >= 4 is 27.3 Å². The van der Waals surface area contributed by atoms with Crippen LogP contribution in [0.2, 0.25) is 0 Å². The maximum Gasteiger partial charge on any atom is 0.261 e. The molecule has 0 unspecified atom stereocenters. The Hall–Kier alpha value is -1.39. The van der Waals surface area contributed by atoms with Gasteiger partial charge in [-0.05, 0) is 30.4 Å². The minimum absolute atomic E-state index is 0.0311. The van der Waals surface area contributed by atoms with Crippen molar-refractivity contribution in [3.63, 3.8) is 0 Å². The number of aliphatic hydroxyl groups excluding tert-OH is 1. The zero-order valence-corrected chi connectivity index (χ0v) is 12.1. The van der Waals surface area contributed by atoms with Gasteiger partial charge in [-0.1, -0.05) is 32.0 Å². The van der Waals surface area contributed by atoms with E-state index in [1.54, 1.807) is 0 Å². The molecule has 0 saturated heterocycles. The highest BCUT2D eigenvalue weighted by atomic mass is 32.1. The van der Waals surface area contributed by atoms with Crippen LogP contribution < -0.4 is 5.32 Å². The first kappa shape index (κ1) is 14.0. The lowest BCUT2D eigenvalue weighted by Gasteiger charge is -2.30. The van der Waals surface area contributed by atoms with Crippen LogP contribution in [-0.4, -0.2) is 23.2 Å². The Morgan fingerprint density at radius 2 is 2.00 bits per heavy atom. The molecule has 0 aliphatic heterocycles. The van der Waals surface area contributed by atoms with Crippen molar-refractivity contribution < 1.29 is 9.90 Å². The van der Waals surface area contributed by atoms with Crippen LogP contribution in [0, 0.1) is 0 Å². The largest absolute Gasteiger partial charge is 0.394 e. The molecule has 1 aromatic carbocycles. The van der Waals surface area contributed by atoms with E-state index in [2.05, 4.69) is 5.32 Å². The number of rotatable bonds is 5. The third kappa shape index (κ3) is 2.80. The van der Waals surface area contributed by atoms with E-state index in [4.69, 9.17) is 0 Å². The fourth-order valence-electron chi connectivity index (χ4n) is 2.09. The number of carbonyl (C=O) groups is 1. The van der Waals surface area contributed by atoms with Gasteiger partial charge in [0.2, 0.25) is 0 Å². The van der Waals surface area contributed by atoms with Crippen molar-refractivity contribution in [2.75, 3.05) is 6.61 Å². The molecule has 2 rings (SSSR count). The average Bonchev–Trinajstić information content (AvgIpc) is 2.89. The van der Waals surface area contributed by atoms with E-state index < -0.39 is 5.54 Å². The van der Waals surface area contributed by atoms with Gasteiger partial charge in [0.15, 0.2) is 0 Å². The summed E-state index contributed by atoms with van der Waals surface area (Å²) in [7, 11) is 0. The number of hydrogen-bond donors (Lipinski definition) is 2. The van der Waals surface area contributed by atoms with Crippen LogP contribution in [0.4, 0.5) is 0 Å². The third-order valence-electron chi connectivity index (χ3n) is 3.68. The van der Waals surface area contributed by atoms with E-state index >= 15 is 0 Å². The SMILES string of the molecule is CCC(CC)(CO)NC(=O)c1cc2ccccc2s1. The van der Waals surface area contributed by atoms with Gasteiger partial charge >= 0.3 is 0 Å². The van der Waals surface area contributed by atoms with E-state index in [-0.39, 0.29) is 12.5 Å².